The molecule has 0 aliphatic carbocycles. The Balaban J connectivity index is 3.51. The van der Waals surface area contributed by atoms with Gasteiger partial charge in [-0.05, 0) is 19.1 Å². The van der Waals surface area contributed by atoms with Crippen LogP contribution >= 0.6 is 11.8 Å². The number of nitrogens with zero attached hydrogens (tertiary/aromatic N) is 1. The lowest BCUT2D eigenvalue weighted by Gasteiger charge is -2.11. The standard InChI is InChI=1S/C11H22N2O3S/c1-4-16-11(15)9(12)5-7-17-8-6-10(14)13(2)3/h9H,4-8,12H2,1-3H3. The van der Waals surface area contributed by atoms with Gasteiger partial charge in [-0.15, -0.1) is 0 Å². The SMILES string of the molecule is CCOC(=O)C(N)CCSCCC(=O)N(C)C. The minimum Gasteiger partial charge on any atom is -0.465 e. The lowest BCUT2D eigenvalue weighted by molar-refractivity contribution is -0.144. The Kier molecular flexibility index (Phi) is 8.89. The number of rotatable bonds is 8. The van der Waals surface area contributed by atoms with Gasteiger partial charge in [0.2, 0.25) is 5.91 Å². The summed E-state index contributed by atoms with van der Waals surface area (Å²) in [5, 5.41) is 0. The first-order chi connectivity index (χ1) is 7.99. The summed E-state index contributed by atoms with van der Waals surface area (Å²) in [6.45, 7) is 2.11. The molecule has 5 nitrogen and oxygen atoms in total. The van der Waals surface area contributed by atoms with Crippen molar-refractivity contribution >= 4 is 23.6 Å². The van der Waals surface area contributed by atoms with Crippen LogP contribution in [0.5, 0.6) is 0 Å². The zero-order valence-electron chi connectivity index (χ0n) is 10.8. The van der Waals surface area contributed by atoms with Crippen LogP contribution < -0.4 is 5.73 Å². The van der Waals surface area contributed by atoms with Crippen molar-refractivity contribution in [3.05, 3.63) is 0 Å². The fraction of sp³-hybridized carbons (Fsp3) is 0.818. The van der Waals surface area contributed by atoms with Crippen LogP contribution in [-0.4, -0.2) is 55.0 Å². The molecule has 0 aromatic carbocycles. The van der Waals surface area contributed by atoms with Crippen LogP contribution in [0.15, 0.2) is 0 Å². The van der Waals surface area contributed by atoms with E-state index < -0.39 is 6.04 Å². The third-order valence-corrected chi connectivity index (χ3v) is 3.14. The molecule has 0 aromatic heterocycles. The Morgan fingerprint density at radius 2 is 2.00 bits per heavy atom. The Morgan fingerprint density at radius 3 is 2.53 bits per heavy atom. The summed E-state index contributed by atoms with van der Waals surface area (Å²) >= 11 is 1.63. The van der Waals surface area contributed by atoms with Crippen LogP contribution in [0, 0.1) is 0 Å². The van der Waals surface area contributed by atoms with E-state index in [1.165, 1.54) is 0 Å². The van der Waals surface area contributed by atoms with E-state index in [0.717, 1.165) is 11.5 Å². The highest BCUT2D eigenvalue weighted by Crippen LogP contribution is 2.07. The van der Waals surface area contributed by atoms with Gasteiger partial charge in [0.25, 0.3) is 0 Å². The van der Waals surface area contributed by atoms with Crippen LogP contribution in [0.3, 0.4) is 0 Å². The number of esters is 1. The smallest absolute Gasteiger partial charge is 0.322 e. The van der Waals surface area contributed by atoms with E-state index in [-0.39, 0.29) is 11.9 Å². The van der Waals surface area contributed by atoms with E-state index in [0.29, 0.717) is 19.4 Å². The number of carbonyl (C=O) groups is 2. The molecule has 0 aliphatic rings. The largest absolute Gasteiger partial charge is 0.465 e. The van der Waals surface area contributed by atoms with Gasteiger partial charge in [0.15, 0.2) is 0 Å². The summed E-state index contributed by atoms with van der Waals surface area (Å²) in [6.07, 6.45) is 1.10. The quantitative estimate of drug-likeness (QED) is 0.509. The summed E-state index contributed by atoms with van der Waals surface area (Å²) in [5.41, 5.74) is 5.63. The number of carbonyl (C=O) groups excluding carboxylic acids is 2. The first kappa shape index (κ1) is 16.2. The number of amides is 1. The van der Waals surface area contributed by atoms with Crippen LogP contribution in [0.2, 0.25) is 0 Å². The van der Waals surface area contributed by atoms with E-state index in [1.807, 2.05) is 0 Å². The number of hydrogen-bond donors (Lipinski definition) is 1. The Morgan fingerprint density at radius 1 is 1.35 bits per heavy atom. The zero-order chi connectivity index (χ0) is 13.3. The molecule has 0 radical (unpaired) electrons. The molecular weight excluding hydrogens is 240 g/mol. The third kappa shape index (κ3) is 8.04. The molecule has 0 aliphatic heterocycles. The lowest BCUT2D eigenvalue weighted by Crippen LogP contribution is -2.32. The van der Waals surface area contributed by atoms with Gasteiger partial charge in [0.05, 0.1) is 6.61 Å². The minimum absolute atomic E-state index is 0.118. The van der Waals surface area contributed by atoms with Crippen LogP contribution in [0.4, 0.5) is 0 Å². The fourth-order valence-electron chi connectivity index (χ4n) is 1.06. The monoisotopic (exact) mass is 262 g/mol. The number of hydrogen-bond acceptors (Lipinski definition) is 5. The maximum atomic E-state index is 11.2. The number of ether oxygens (including phenoxy) is 1. The maximum absolute atomic E-state index is 11.2. The predicted molar refractivity (Wildman–Crippen MR) is 69.9 cm³/mol. The zero-order valence-corrected chi connectivity index (χ0v) is 11.6. The molecule has 0 fully saturated rings. The molecule has 0 rings (SSSR count). The molecule has 0 saturated carbocycles. The summed E-state index contributed by atoms with van der Waals surface area (Å²) < 4.78 is 4.80. The van der Waals surface area contributed by atoms with Gasteiger partial charge in [-0.3, -0.25) is 9.59 Å². The lowest BCUT2D eigenvalue weighted by atomic mass is 10.2. The second-order valence-corrected chi connectivity index (χ2v) is 5.02. The van der Waals surface area contributed by atoms with E-state index >= 15 is 0 Å². The predicted octanol–water partition coefficient (Wildman–Crippen LogP) is 0.478. The minimum atomic E-state index is -0.549. The maximum Gasteiger partial charge on any atom is 0.322 e. The van der Waals surface area contributed by atoms with Crippen LogP contribution in [0.1, 0.15) is 19.8 Å². The first-order valence-electron chi connectivity index (χ1n) is 5.69. The molecule has 2 N–H and O–H groups in total. The van der Waals surface area contributed by atoms with Gasteiger partial charge in [-0.25, -0.2) is 0 Å². The molecule has 0 heterocycles. The van der Waals surface area contributed by atoms with Crippen molar-refractivity contribution in [3.63, 3.8) is 0 Å². The van der Waals surface area contributed by atoms with Crippen molar-refractivity contribution in [1.29, 1.82) is 0 Å². The van der Waals surface area contributed by atoms with Crippen molar-refractivity contribution in [1.82, 2.24) is 4.90 Å². The molecule has 6 heteroatoms. The first-order valence-corrected chi connectivity index (χ1v) is 6.84. The van der Waals surface area contributed by atoms with Crippen LogP contribution in [0.25, 0.3) is 0 Å². The molecule has 0 spiro atoms. The second kappa shape index (κ2) is 9.30. The van der Waals surface area contributed by atoms with E-state index in [4.69, 9.17) is 10.5 Å². The third-order valence-electron chi connectivity index (χ3n) is 2.12. The highest BCUT2D eigenvalue weighted by molar-refractivity contribution is 7.99. The number of nitrogens with two attached hydrogens (primary N) is 1. The van der Waals surface area contributed by atoms with E-state index in [2.05, 4.69) is 0 Å². The molecule has 100 valence electrons. The van der Waals surface area contributed by atoms with Crippen molar-refractivity contribution < 1.29 is 14.3 Å². The van der Waals surface area contributed by atoms with Crippen molar-refractivity contribution in [2.75, 3.05) is 32.2 Å². The molecular formula is C11H22N2O3S. The molecule has 1 unspecified atom stereocenters. The van der Waals surface area contributed by atoms with E-state index in [9.17, 15) is 9.59 Å². The second-order valence-electron chi connectivity index (χ2n) is 3.80. The van der Waals surface area contributed by atoms with E-state index in [1.54, 1.807) is 37.7 Å². The summed E-state index contributed by atoms with van der Waals surface area (Å²) in [4.78, 5) is 24.0. The van der Waals surface area contributed by atoms with Gasteiger partial charge in [0, 0.05) is 26.3 Å². The molecule has 0 bridgehead atoms. The average molecular weight is 262 g/mol. The topological polar surface area (TPSA) is 72.6 Å². The summed E-state index contributed by atoms with van der Waals surface area (Å²) in [5.74, 6) is 1.29. The Hall–Kier alpha value is -0.750. The van der Waals surface area contributed by atoms with Gasteiger partial charge in [-0.2, -0.15) is 11.8 Å². The van der Waals surface area contributed by atoms with Crippen molar-refractivity contribution in [2.45, 2.75) is 25.8 Å². The summed E-state index contributed by atoms with van der Waals surface area (Å²) in [7, 11) is 3.48. The normalized spacial score (nSPS) is 12.0. The fourth-order valence-corrected chi connectivity index (χ4v) is 2.01. The highest BCUT2D eigenvalue weighted by atomic mass is 32.2. The van der Waals surface area contributed by atoms with Gasteiger partial charge in [-0.1, -0.05) is 0 Å². The molecule has 0 saturated heterocycles. The van der Waals surface area contributed by atoms with Gasteiger partial charge in [0.1, 0.15) is 6.04 Å². The van der Waals surface area contributed by atoms with Crippen molar-refractivity contribution in [2.24, 2.45) is 5.73 Å². The summed E-state index contributed by atoms with van der Waals surface area (Å²) in [6, 6.07) is -0.549. The highest BCUT2D eigenvalue weighted by Gasteiger charge is 2.13. The van der Waals surface area contributed by atoms with Gasteiger partial charge < -0.3 is 15.4 Å². The average Bonchev–Trinajstić information content (AvgIpc) is 2.28. The van der Waals surface area contributed by atoms with Gasteiger partial charge >= 0.3 is 5.97 Å². The Bertz CT molecular complexity index is 247. The molecule has 0 aromatic rings. The molecule has 1 atom stereocenters. The molecule has 17 heavy (non-hydrogen) atoms. The van der Waals surface area contributed by atoms with Crippen LogP contribution in [-0.2, 0) is 14.3 Å². The molecule has 1 amide bonds. The Labute approximate surface area is 107 Å². The van der Waals surface area contributed by atoms with Crippen molar-refractivity contribution in [3.8, 4) is 0 Å². The number of thioether (sulfide) groups is 1.